The van der Waals surface area contributed by atoms with Crippen LogP contribution in [0.5, 0.6) is 0 Å². The molecule has 6 heteroatoms. The number of anilines is 1. The molecule has 0 aliphatic carbocycles. The van der Waals surface area contributed by atoms with E-state index < -0.39 is 0 Å². The van der Waals surface area contributed by atoms with Crippen molar-refractivity contribution in [3.05, 3.63) is 16.6 Å². The van der Waals surface area contributed by atoms with Crippen LogP contribution in [-0.2, 0) is 4.79 Å². The first-order chi connectivity index (χ1) is 6.15. The Hall–Kier alpha value is -0.870. The molecule has 13 heavy (non-hydrogen) atoms. The Bertz CT molecular complexity index is 309. The van der Waals surface area contributed by atoms with Gasteiger partial charge >= 0.3 is 0 Å². The normalized spacial score (nSPS) is 9.77. The van der Waals surface area contributed by atoms with Gasteiger partial charge in [-0.25, -0.2) is 9.97 Å². The second-order valence-corrected chi connectivity index (χ2v) is 2.95. The van der Waals surface area contributed by atoms with Crippen molar-refractivity contribution >= 4 is 34.8 Å². The number of nitrogens with one attached hydrogen (secondary N) is 1. The molecular weight excluding hydrogens is 213 g/mol. The number of hydrogen-bond donors (Lipinski definition) is 1. The molecule has 1 heterocycles. The lowest BCUT2D eigenvalue weighted by atomic mass is 10.4. The third-order valence-corrected chi connectivity index (χ3v) is 1.91. The quantitative estimate of drug-likeness (QED) is 0.776. The van der Waals surface area contributed by atoms with Crippen LogP contribution in [-0.4, -0.2) is 15.9 Å². The van der Waals surface area contributed by atoms with Crippen molar-refractivity contribution in [1.29, 1.82) is 0 Å². The summed E-state index contributed by atoms with van der Waals surface area (Å²) < 4.78 is 0. The van der Waals surface area contributed by atoms with Crippen molar-refractivity contribution in [2.75, 3.05) is 5.32 Å². The first-order valence-corrected chi connectivity index (χ1v) is 4.36. The molecule has 0 aliphatic rings. The summed E-state index contributed by atoms with van der Waals surface area (Å²) in [5.41, 5.74) is 0.262. The van der Waals surface area contributed by atoms with Gasteiger partial charge in [0.25, 0.3) is 0 Å². The highest BCUT2D eigenvalue weighted by atomic mass is 35.5. The van der Waals surface area contributed by atoms with Gasteiger partial charge in [-0.3, -0.25) is 4.79 Å². The molecule has 0 saturated carbocycles. The van der Waals surface area contributed by atoms with Crippen LogP contribution in [0.3, 0.4) is 0 Å². The lowest BCUT2D eigenvalue weighted by Crippen LogP contribution is -2.11. The molecule has 1 N–H and O–H groups in total. The van der Waals surface area contributed by atoms with Crippen molar-refractivity contribution in [2.24, 2.45) is 0 Å². The Morgan fingerprint density at radius 2 is 2.00 bits per heavy atom. The van der Waals surface area contributed by atoms with E-state index in [1.807, 2.05) is 0 Å². The molecule has 1 aromatic heterocycles. The van der Waals surface area contributed by atoms with Gasteiger partial charge in [0.2, 0.25) is 5.91 Å². The number of carbonyl (C=O) groups is 1. The molecule has 1 aromatic rings. The first-order valence-electron chi connectivity index (χ1n) is 3.61. The molecule has 0 aromatic carbocycles. The SMILES string of the molecule is CCC(=O)Nc1c(Cl)ncnc1Cl. The molecule has 0 saturated heterocycles. The van der Waals surface area contributed by atoms with E-state index in [4.69, 9.17) is 23.2 Å². The molecule has 0 fully saturated rings. The Morgan fingerprint density at radius 1 is 1.46 bits per heavy atom. The van der Waals surface area contributed by atoms with Crippen molar-refractivity contribution in [3.8, 4) is 0 Å². The Kier molecular flexibility index (Phi) is 3.45. The zero-order valence-electron chi connectivity index (χ0n) is 6.84. The number of hydrogen-bond acceptors (Lipinski definition) is 3. The molecule has 1 amide bonds. The summed E-state index contributed by atoms with van der Waals surface area (Å²) in [4.78, 5) is 18.4. The maximum Gasteiger partial charge on any atom is 0.224 e. The van der Waals surface area contributed by atoms with Crippen LogP contribution in [0.25, 0.3) is 0 Å². The number of aromatic nitrogens is 2. The monoisotopic (exact) mass is 219 g/mol. The summed E-state index contributed by atoms with van der Waals surface area (Å²) in [5.74, 6) is -0.182. The molecule has 70 valence electrons. The predicted octanol–water partition coefficient (Wildman–Crippen LogP) is 2.13. The fourth-order valence-electron chi connectivity index (χ4n) is 0.675. The van der Waals surface area contributed by atoms with Gasteiger partial charge in [-0.05, 0) is 0 Å². The second-order valence-electron chi connectivity index (χ2n) is 2.23. The van der Waals surface area contributed by atoms with E-state index in [1.165, 1.54) is 6.33 Å². The minimum absolute atomic E-state index is 0.141. The van der Waals surface area contributed by atoms with Crippen LogP contribution in [0.4, 0.5) is 5.69 Å². The summed E-state index contributed by atoms with van der Waals surface area (Å²) in [6.45, 7) is 1.72. The summed E-state index contributed by atoms with van der Waals surface area (Å²) in [6.07, 6.45) is 1.58. The van der Waals surface area contributed by atoms with Gasteiger partial charge < -0.3 is 5.32 Å². The van der Waals surface area contributed by atoms with Crippen LogP contribution in [0.15, 0.2) is 6.33 Å². The van der Waals surface area contributed by atoms with Crippen molar-refractivity contribution in [1.82, 2.24) is 9.97 Å². The minimum Gasteiger partial charge on any atom is -0.321 e. The Morgan fingerprint density at radius 3 is 2.46 bits per heavy atom. The molecule has 1 rings (SSSR count). The van der Waals surface area contributed by atoms with Gasteiger partial charge in [0.1, 0.15) is 12.0 Å². The second kappa shape index (κ2) is 4.39. The van der Waals surface area contributed by atoms with Crippen LogP contribution >= 0.6 is 23.2 Å². The van der Waals surface area contributed by atoms with E-state index in [0.717, 1.165) is 0 Å². The number of amides is 1. The van der Waals surface area contributed by atoms with Crippen molar-refractivity contribution < 1.29 is 4.79 Å². The fourth-order valence-corrected chi connectivity index (χ4v) is 1.08. The fraction of sp³-hybridized carbons (Fsp3) is 0.286. The van der Waals surface area contributed by atoms with E-state index in [-0.39, 0.29) is 21.9 Å². The van der Waals surface area contributed by atoms with E-state index in [0.29, 0.717) is 6.42 Å². The third-order valence-electron chi connectivity index (χ3n) is 1.34. The van der Waals surface area contributed by atoms with E-state index in [2.05, 4.69) is 15.3 Å². The van der Waals surface area contributed by atoms with Crippen molar-refractivity contribution in [3.63, 3.8) is 0 Å². The van der Waals surface area contributed by atoms with Crippen LogP contribution < -0.4 is 5.32 Å². The minimum atomic E-state index is -0.182. The maximum absolute atomic E-state index is 11.0. The average Bonchev–Trinajstić information content (AvgIpc) is 2.11. The number of rotatable bonds is 2. The van der Waals surface area contributed by atoms with Gasteiger partial charge in [0.15, 0.2) is 10.3 Å². The molecular formula is C7H7Cl2N3O. The molecule has 0 unspecified atom stereocenters. The largest absolute Gasteiger partial charge is 0.321 e. The smallest absolute Gasteiger partial charge is 0.224 e. The third kappa shape index (κ3) is 2.54. The zero-order chi connectivity index (χ0) is 9.84. The summed E-state index contributed by atoms with van der Waals surface area (Å²) in [7, 11) is 0. The van der Waals surface area contributed by atoms with Gasteiger partial charge in [-0.15, -0.1) is 0 Å². The highest BCUT2D eigenvalue weighted by Gasteiger charge is 2.09. The summed E-state index contributed by atoms with van der Waals surface area (Å²) >= 11 is 11.4. The first kappa shape index (κ1) is 10.2. The van der Waals surface area contributed by atoms with Crippen LogP contribution in [0.1, 0.15) is 13.3 Å². The highest BCUT2D eigenvalue weighted by Crippen LogP contribution is 2.25. The predicted molar refractivity (Wildman–Crippen MR) is 51.0 cm³/mol. The molecule has 0 spiro atoms. The highest BCUT2D eigenvalue weighted by molar-refractivity contribution is 6.38. The molecule has 4 nitrogen and oxygen atoms in total. The summed E-state index contributed by atoms with van der Waals surface area (Å²) in [6, 6.07) is 0. The van der Waals surface area contributed by atoms with E-state index in [9.17, 15) is 4.79 Å². The van der Waals surface area contributed by atoms with Gasteiger partial charge in [-0.1, -0.05) is 30.1 Å². The average molecular weight is 220 g/mol. The van der Waals surface area contributed by atoms with E-state index in [1.54, 1.807) is 6.92 Å². The Labute approximate surface area is 85.3 Å². The maximum atomic E-state index is 11.0. The lowest BCUT2D eigenvalue weighted by molar-refractivity contribution is -0.115. The van der Waals surface area contributed by atoms with E-state index >= 15 is 0 Å². The molecule has 0 radical (unpaired) electrons. The Balaban J connectivity index is 2.93. The van der Waals surface area contributed by atoms with Gasteiger partial charge in [0, 0.05) is 6.42 Å². The number of nitrogens with zero attached hydrogens (tertiary/aromatic N) is 2. The van der Waals surface area contributed by atoms with Gasteiger partial charge in [-0.2, -0.15) is 0 Å². The number of halogens is 2. The summed E-state index contributed by atoms with van der Waals surface area (Å²) in [5, 5.41) is 2.78. The molecule has 0 atom stereocenters. The topological polar surface area (TPSA) is 54.9 Å². The number of carbonyl (C=O) groups excluding carboxylic acids is 1. The van der Waals surface area contributed by atoms with Crippen LogP contribution in [0, 0.1) is 0 Å². The standard InChI is InChI=1S/C7H7Cl2N3O/c1-2-4(13)12-5-6(8)10-3-11-7(5)9/h3H,2H2,1H3,(H,12,13). The molecule has 0 bridgehead atoms. The van der Waals surface area contributed by atoms with Gasteiger partial charge in [0.05, 0.1) is 0 Å². The van der Waals surface area contributed by atoms with Crippen molar-refractivity contribution in [2.45, 2.75) is 13.3 Å². The zero-order valence-corrected chi connectivity index (χ0v) is 8.35. The van der Waals surface area contributed by atoms with Crippen LogP contribution in [0.2, 0.25) is 10.3 Å². The molecule has 0 aliphatic heterocycles. The lowest BCUT2D eigenvalue weighted by Gasteiger charge is -2.05.